The van der Waals surface area contributed by atoms with Crippen molar-refractivity contribution >= 4 is 29.9 Å². The van der Waals surface area contributed by atoms with Crippen LogP contribution in [0.2, 0.25) is 0 Å². The minimum atomic E-state index is 0. The maximum atomic E-state index is 5.93. The first-order valence-electron chi connectivity index (χ1n) is 8.24. The van der Waals surface area contributed by atoms with Crippen molar-refractivity contribution in [3.63, 3.8) is 0 Å². The number of nitrogens with zero attached hydrogens (tertiary/aromatic N) is 3. The molecule has 0 aliphatic rings. The Morgan fingerprint density at radius 1 is 1.20 bits per heavy atom. The van der Waals surface area contributed by atoms with Crippen LogP contribution in [0.1, 0.15) is 16.8 Å². The van der Waals surface area contributed by atoms with Crippen molar-refractivity contribution < 1.29 is 4.74 Å². The third kappa shape index (κ3) is 5.95. The Balaban J connectivity index is 0.00000312. The van der Waals surface area contributed by atoms with Crippen LogP contribution >= 0.6 is 24.0 Å². The molecule has 0 bridgehead atoms. The molecule has 1 aromatic heterocycles. The fourth-order valence-corrected chi connectivity index (χ4v) is 2.71. The summed E-state index contributed by atoms with van der Waals surface area (Å²) in [6.45, 7) is 6.26. The molecule has 6 heteroatoms. The highest BCUT2D eigenvalue weighted by Gasteiger charge is 2.08. The van der Waals surface area contributed by atoms with Crippen molar-refractivity contribution in [1.29, 1.82) is 0 Å². The predicted octanol–water partition coefficient (Wildman–Crippen LogP) is 3.35. The molecule has 0 saturated heterocycles. The minimum absolute atomic E-state index is 0. The summed E-state index contributed by atoms with van der Waals surface area (Å²) in [5, 5.41) is 3.35. The van der Waals surface area contributed by atoms with Crippen LogP contribution < -0.4 is 10.1 Å². The van der Waals surface area contributed by atoms with Crippen LogP contribution in [0, 0.1) is 13.8 Å². The van der Waals surface area contributed by atoms with Gasteiger partial charge in [-0.15, -0.1) is 24.0 Å². The Hall–Kier alpha value is -1.70. The molecule has 0 atom stereocenters. The molecule has 0 fully saturated rings. The number of para-hydroxylation sites is 1. The van der Waals surface area contributed by atoms with Crippen molar-refractivity contribution in [3.8, 4) is 5.75 Å². The van der Waals surface area contributed by atoms with Crippen LogP contribution in [0.4, 0.5) is 0 Å². The highest BCUT2D eigenvalue weighted by atomic mass is 127. The lowest BCUT2D eigenvalue weighted by molar-refractivity contribution is 0.315. The van der Waals surface area contributed by atoms with Gasteiger partial charge < -0.3 is 19.5 Å². The molecule has 0 saturated carbocycles. The van der Waals surface area contributed by atoms with Gasteiger partial charge in [0.15, 0.2) is 5.96 Å². The summed E-state index contributed by atoms with van der Waals surface area (Å²) in [6.07, 6.45) is 2.05. The van der Waals surface area contributed by atoms with E-state index in [0.717, 1.165) is 18.3 Å². The van der Waals surface area contributed by atoms with Crippen molar-refractivity contribution in [2.45, 2.75) is 20.4 Å². The fraction of sp³-hybridized carbons (Fsp3) is 0.421. The molecule has 0 unspecified atom stereocenters. The molecule has 0 radical (unpaired) electrons. The number of aliphatic imine (C=N–C) groups is 1. The first kappa shape index (κ1) is 21.3. The van der Waals surface area contributed by atoms with E-state index in [9.17, 15) is 0 Å². The minimum Gasteiger partial charge on any atom is -0.491 e. The summed E-state index contributed by atoms with van der Waals surface area (Å²) in [5.74, 6) is 1.84. The Bertz CT molecular complexity index is 676. The fourth-order valence-electron chi connectivity index (χ4n) is 2.71. The van der Waals surface area contributed by atoms with Crippen molar-refractivity contribution in [3.05, 3.63) is 53.3 Å². The number of hydrogen-bond acceptors (Lipinski definition) is 2. The zero-order valence-corrected chi connectivity index (χ0v) is 18.1. The molecule has 138 valence electrons. The van der Waals surface area contributed by atoms with Gasteiger partial charge in [0.25, 0.3) is 0 Å². The molecule has 1 aromatic carbocycles. The molecule has 1 N–H and O–H groups in total. The summed E-state index contributed by atoms with van der Waals surface area (Å²) in [4.78, 5) is 6.45. The number of guanidine groups is 1. The van der Waals surface area contributed by atoms with Gasteiger partial charge in [-0.25, -0.2) is 0 Å². The molecule has 2 rings (SSSR count). The second kappa shape index (κ2) is 10.3. The highest BCUT2D eigenvalue weighted by molar-refractivity contribution is 14.0. The van der Waals surface area contributed by atoms with E-state index < -0.39 is 0 Å². The second-order valence-electron chi connectivity index (χ2n) is 6.01. The molecule has 1 heterocycles. The van der Waals surface area contributed by atoms with Gasteiger partial charge in [0.2, 0.25) is 0 Å². The molecule has 0 aliphatic heterocycles. The number of aromatic nitrogens is 1. The predicted molar refractivity (Wildman–Crippen MR) is 115 cm³/mol. The van der Waals surface area contributed by atoms with Crippen molar-refractivity contribution in [2.75, 3.05) is 27.2 Å². The zero-order chi connectivity index (χ0) is 17.5. The van der Waals surface area contributed by atoms with Gasteiger partial charge in [0, 0.05) is 33.0 Å². The lowest BCUT2D eigenvalue weighted by Crippen LogP contribution is -2.40. The molecule has 0 spiro atoms. The number of ether oxygens (including phenoxy) is 1. The second-order valence-corrected chi connectivity index (χ2v) is 6.01. The van der Waals surface area contributed by atoms with E-state index in [1.54, 1.807) is 7.05 Å². The maximum Gasteiger partial charge on any atom is 0.193 e. The van der Waals surface area contributed by atoms with Gasteiger partial charge >= 0.3 is 0 Å². The monoisotopic (exact) mass is 456 g/mol. The topological polar surface area (TPSA) is 41.8 Å². The first-order chi connectivity index (χ1) is 11.5. The molecule has 0 aliphatic carbocycles. The summed E-state index contributed by atoms with van der Waals surface area (Å²) in [7, 11) is 5.89. The number of hydrogen-bond donors (Lipinski definition) is 1. The zero-order valence-electron chi connectivity index (χ0n) is 15.7. The van der Waals surface area contributed by atoms with Crippen LogP contribution in [-0.2, 0) is 13.6 Å². The average molecular weight is 456 g/mol. The number of benzene rings is 1. The lowest BCUT2D eigenvalue weighted by atomic mass is 10.1. The standard InChI is InChI=1S/C19H28N4O.HI/c1-15-8-6-9-16(2)18(15)24-13-11-21-19(20-3)23(5)14-17-10-7-12-22(17)4;/h6-10,12H,11,13-14H2,1-5H3,(H,20,21);1H. The quantitative estimate of drug-likeness (QED) is 0.314. The van der Waals surface area contributed by atoms with Gasteiger partial charge in [-0.2, -0.15) is 0 Å². The summed E-state index contributed by atoms with van der Waals surface area (Å²) in [5.41, 5.74) is 3.58. The lowest BCUT2D eigenvalue weighted by Gasteiger charge is -2.22. The maximum absolute atomic E-state index is 5.93. The Morgan fingerprint density at radius 2 is 1.88 bits per heavy atom. The summed E-state index contributed by atoms with van der Waals surface area (Å²) >= 11 is 0. The van der Waals surface area contributed by atoms with Gasteiger partial charge in [-0.1, -0.05) is 18.2 Å². The van der Waals surface area contributed by atoms with Crippen LogP contribution in [0.15, 0.2) is 41.5 Å². The molecular weight excluding hydrogens is 427 g/mol. The van der Waals surface area contributed by atoms with Crippen LogP contribution in [0.25, 0.3) is 0 Å². The van der Waals surface area contributed by atoms with Gasteiger partial charge in [0.05, 0.1) is 13.1 Å². The number of halogens is 1. The number of rotatable bonds is 6. The van der Waals surface area contributed by atoms with Gasteiger partial charge in [0.1, 0.15) is 12.4 Å². The van der Waals surface area contributed by atoms with Crippen LogP contribution in [0.5, 0.6) is 5.75 Å². The molecule has 0 amide bonds. The van der Waals surface area contributed by atoms with E-state index in [-0.39, 0.29) is 24.0 Å². The largest absolute Gasteiger partial charge is 0.491 e. The molecule has 5 nitrogen and oxygen atoms in total. The third-order valence-electron chi connectivity index (χ3n) is 4.06. The molecule has 25 heavy (non-hydrogen) atoms. The number of nitrogens with one attached hydrogen (secondary N) is 1. The first-order valence-corrected chi connectivity index (χ1v) is 8.24. The Labute approximate surface area is 168 Å². The van der Waals surface area contributed by atoms with E-state index in [2.05, 4.69) is 77.2 Å². The number of aryl methyl sites for hydroxylation is 3. The molecule has 2 aromatic rings. The average Bonchev–Trinajstić information content (AvgIpc) is 2.94. The third-order valence-corrected chi connectivity index (χ3v) is 4.06. The molecular formula is C19H29IN4O. The van der Waals surface area contributed by atoms with Gasteiger partial charge in [-0.3, -0.25) is 4.99 Å². The van der Waals surface area contributed by atoms with E-state index in [4.69, 9.17) is 4.74 Å². The Morgan fingerprint density at radius 3 is 2.44 bits per heavy atom. The SMILES string of the molecule is CN=C(NCCOc1c(C)cccc1C)N(C)Cc1cccn1C.I. The van der Waals surface area contributed by atoms with E-state index in [1.165, 1.54) is 16.8 Å². The van der Waals surface area contributed by atoms with Crippen molar-refractivity contribution in [2.24, 2.45) is 12.0 Å². The van der Waals surface area contributed by atoms with E-state index in [0.29, 0.717) is 13.2 Å². The highest BCUT2D eigenvalue weighted by Crippen LogP contribution is 2.21. The van der Waals surface area contributed by atoms with E-state index >= 15 is 0 Å². The summed E-state index contributed by atoms with van der Waals surface area (Å²) in [6, 6.07) is 10.4. The van der Waals surface area contributed by atoms with Crippen LogP contribution in [0.3, 0.4) is 0 Å². The van der Waals surface area contributed by atoms with Crippen molar-refractivity contribution in [1.82, 2.24) is 14.8 Å². The summed E-state index contributed by atoms with van der Waals surface area (Å²) < 4.78 is 8.05. The van der Waals surface area contributed by atoms with E-state index in [1.807, 2.05) is 7.05 Å². The van der Waals surface area contributed by atoms with Crippen LogP contribution in [-0.4, -0.2) is 42.7 Å². The van der Waals surface area contributed by atoms with Gasteiger partial charge in [-0.05, 0) is 37.1 Å². The smallest absolute Gasteiger partial charge is 0.193 e. The normalized spacial score (nSPS) is 11.0. The Kier molecular flexibility index (Phi) is 8.82.